The minimum Gasteiger partial charge on any atom is -0.334 e. The van der Waals surface area contributed by atoms with E-state index >= 15 is 0 Å². The molecule has 2 aromatic rings. The summed E-state index contributed by atoms with van der Waals surface area (Å²) in [5, 5.41) is 16.5. The highest BCUT2D eigenvalue weighted by atomic mass is 32.2. The first kappa shape index (κ1) is 26.9. The van der Waals surface area contributed by atoms with Gasteiger partial charge in [-0.25, -0.2) is 4.98 Å². The normalized spacial score (nSPS) is 17.9. The van der Waals surface area contributed by atoms with Crippen molar-refractivity contribution in [3.05, 3.63) is 48.0 Å². The van der Waals surface area contributed by atoms with Gasteiger partial charge in [0.15, 0.2) is 5.04 Å². The van der Waals surface area contributed by atoms with E-state index in [1.165, 1.54) is 37.7 Å². The Kier molecular flexibility index (Phi) is 9.64. The lowest BCUT2D eigenvalue weighted by molar-refractivity contribution is -0.125. The lowest BCUT2D eigenvalue weighted by atomic mass is 9.96. The van der Waals surface area contributed by atoms with Gasteiger partial charge in [0, 0.05) is 56.6 Å². The summed E-state index contributed by atoms with van der Waals surface area (Å²) >= 11 is 2.33. The minimum absolute atomic E-state index is 0.0555. The number of thioether (sulfide) groups is 2. The van der Waals surface area contributed by atoms with E-state index < -0.39 is 0 Å². The summed E-state index contributed by atoms with van der Waals surface area (Å²) in [7, 11) is 0. The third-order valence-corrected chi connectivity index (χ3v) is 9.09. The summed E-state index contributed by atoms with van der Waals surface area (Å²) in [6, 6.07) is 6.22. The number of amides is 1. The average Bonchev–Trinajstić information content (AvgIpc) is 3.43. The highest BCUT2D eigenvalue weighted by Crippen LogP contribution is 2.25. The molecular weight excluding hydrogens is 490 g/mol. The van der Waals surface area contributed by atoms with Gasteiger partial charge in [0.25, 0.3) is 5.91 Å². The van der Waals surface area contributed by atoms with Crippen molar-refractivity contribution in [2.75, 3.05) is 52.4 Å². The fourth-order valence-corrected chi connectivity index (χ4v) is 6.53. The summed E-state index contributed by atoms with van der Waals surface area (Å²) in [6.45, 7) is 12.0. The molecule has 2 aliphatic rings. The Balaban J connectivity index is 1.17. The summed E-state index contributed by atoms with van der Waals surface area (Å²) in [6.07, 6.45) is 7.97. The molecule has 4 rings (SSSR count). The molecule has 1 aromatic carbocycles. The van der Waals surface area contributed by atoms with Crippen LogP contribution in [-0.4, -0.2) is 91.9 Å². The van der Waals surface area contributed by atoms with Crippen LogP contribution < -0.4 is 0 Å². The molecule has 0 atom stereocenters. The van der Waals surface area contributed by atoms with E-state index in [4.69, 9.17) is 10.8 Å². The first-order valence-corrected chi connectivity index (χ1v) is 14.5. The number of carbonyl (C=O) groups excluding carboxylic acids is 1. The molecular formula is C26H37N7OS2. The number of piperazine rings is 1. The van der Waals surface area contributed by atoms with E-state index in [0.29, 0.717) is 18.8 Å². The smallest absolute Gasteiger partial charge is 0.278 e. The first-order valence-electron chi connectivity index (χ1n) is 12.7. The van der Waals surface area contributed by atoms with Gasteiger partial charge in [0.05, 0.1) is 6.33 Å². The van der Waals surface area contributed by atoms with Gasteiger partial charge in [-0.3, -0.25) is 20.5 Å². The van der Waals surface area contributed by atoms with E-state index in [-0.39, 0.29) is 15.3 Å². The van der Waals surface area contributed by atoms with E-state index in [1.54, 1.807) is 17.4 Å². The third kappa shape index (κ3) is 7.21. The topological polar surface area (TPSA) is 92.3 Å². The SMILES string of the molecule is CCN1CCC(CN2CCN(C(=O)C(=N)SC(=N)SCc3ccc(-n4ccnc4)cc3C)CC2)CC1. The van der Waals surface area contributed by atoms with Crippen LogP contribution in [0.2, 0.25) is 0 Å². The summed E-state index contributed by atoms with van der Waals surface area (Å²) in [5.74, 6) is 1.15. The molecule has 2 N–H and O–H groups in total. The van der Waals surface area contributed by atoms with E-state index in [0.717, 1.165) is 60.7 Å². The summed E-state index contributed by atoms with van der Waals surface area (Å²) in [5.41, 5.74) is 3.34. The fourth-order valence-electron chi connectivity index (χ4n) is 4.85. The maximum Gasteiger partial charge on any atom is 0.278 e. The number of rotatable bonds is 6. The van der Waals surface area contributed by atoms with Crippen LogP contribution in [0.3, 0.4) is 0 Å². The molecule has 2 fully saturated rings. The van der Waals surface area contributed by atoms with Crippen LogP contribution in [0.5, 0.6) is 0 Å². The third-order valence-electron chi connectivity index (χ3n) is 7.21. The Hall–Kier alpha value is -2.14. The zero-order valence-electron chi connectivity index (χ0n) is 21.3. The lowest BCUT2D eigenvalue weighted by Crippen LogP contribution is -2.51. The molecule has 10 heteroatoms. The minimum atomic E-state index is -0.248. The van der Waals surface area contributed by atoms with E-state index in [2.05, 4.69) is 40.8 Å². The number of benzene rings is 1. The van der Waals surface area contributed by atoms with Crippen LogP contribution in [0.4, 0.5) is 0 Å². The summed E-state index contributed by atoms with van der Waals surface area (Å²) < 4.78 is 2.24. The van der Waals surface area contributed by atoms with Crippen LogP contribution in [0, 0.1) is 23.7 Å². The molecule has 0 aliphatic carbocycles. The maximum atomic E-state index is 12.8. The zero-order chi connectivity index (χ0) is 25.5. The highest BCUT2D eigenvalue weighted by Gasteiger charge is 2.27. The molecule has 3 heterocycles. The average molecular weight is 528 g/mol. The zero-order valence-corrected chi connectivity index (χ0v) is 22.9. The standard InChI is InChI=1S/C26H37N7OS2/c1-3-30-9-6-21(7-10-30)17-31-12-14-32(15-13-31)25(34)24(27)36-26(28)35-18-22-4-5-23(16-20(22)2)33-11-8-29-19-33/h4-5,8,11,16,19,21,27-28H,3,6-7,9-10,12-15,17-18H2,1-2H3. The largest absolute Gasteiger partial charge is 0.334 e. The van der Waals surface area contributed by atoms with Crippen molar-refractivity contribution in [3.63, 3.8) is 0 Å². The number of hydrogen-bond donors (Lipinski definition) is 2. The number of hydrogen-bond acceptors (Lipinski definition) is 8. The predicted molar refractivity (Wildman–Crippen MR) is 150 cm³/mol. The Morgan fingerprint density at radius 1 is 1.08 bits per heavy atom. The number of likely N-dealkylation sites (tertiary alicyclic amines) is 1. The molecule has 8 nitrogen and oxygen atoms in total. The quantitative estimate of drug-likeness (QED) is 0.437. The lowest BCUT2D eigenvalue weighted by Gasteiger charge is -2.38. The molecule has 1 amide bonds. The van der Waals surface area contributed by atoms with Gasteiger partial charge in [-0.2, -0.15) is 0 Å². The second-order valence-electron chi connectivity index (χ2n) is 9.56. The van der Waals surface area contributed by atoms with Gasteiger partial charge < -0.3 is 14.4 Å². The Morgan fingerprint density at radius 2 is 1.83 bits per heavy atom. The number of carbonyl (C=O) groups is 1. The molecule has 0 radical (unpaired) electrons. The van der Waals surface area contributed by atoms with Gasteiger partial charge in [-0.15, -0.1) is 0 Å². The number of piperidine rings is 1. The molecule has 1 aromatic heterocycles. The Labute approximate surface area is 222 Å². The number of imidazole rings is 1. The number of nitrogens with one attached hydrogen (secondary N) is 2. The van der Waals surface area contributed by atoms with Gasteiger partial charge in [0.2, 0.25) is 0 Å². The monoisotopic (exact) mass is 527 g/mol. The Bertz CT molecular complexity index is 1040. The maximum absolute atomic E-state index is 12.8. The number of aryl methyl sites for hydroxylation is 1. The number of aromatic nitrogens is 2. The number of nitrogens with zero attached hydrogens (tertiary/aromatic N) is 5. The van der Waals surface area contributed by atoms with Gasteiger partial charge in [-0.1, -0.05) is 24.8 Å². The van der Waals surface area contributed by atoms with Crippen molar-refractivity contribution in [3.8, 4) is 5.69 Å². The second kappa shape index (κ2) is 12.9. The molecule has 0 unspecified atom stereocenters. The van der Waals surface area contributed by atoms with Crippen LogP contribution in [0.25, 0.3) is 5.69 Å². The van der Waals surface area contributed by atoms with Crippen LogP contribution in [-0.2, 0) is 10.5 Å². The van der Waals surface area contributed by atoms with Gasteiger partial charge in [-0.05, 0) is 80.3 Å². The molecule has 0 bridgehead atoms. The second-order valence-corrected chi connectivity index (χ2v) is 11.8. The van der Waals surface area contributed by atoms with Crippen molar-refractivity contribution < 1.29 is 4.79 Å². The fraction of sp³-hybridized carbons (Fsp3) is 0.538. The van der Waals surface area contributed by atoms with Gasteiger partial charge >= 0.3 is 0 Å². The predicted octanol–water partition coefficient (Wildman–Crippen LogP) is 3.94. The van der Waals surface area contributed by atoms with Crippen molar-refractivity contribution in [1.82, 2.24) is 24.3 Å². The molecule has 36 heavy (non-hydrogen) atoms. The molecule has 194 valence electrons. The Morgan fingerprint density at radius 3 is 2.47 bits per heavy atom. The van der Waals surface area contributed by atoms with E-state index in [9.17, 15) is 4.79 Å². The highest BCUT2D eigenvalue weighted by molar-refractivity contribution is 8.45. The van der Waals surface area contributed by atoms with Crippen molar-refractivity contribution >= 4 is 38.9 Å². The van der Waals surface area contributed by atoms with Crippen LogP contribution in [0.15, 0.2) is 36.9 Å². The van der Waals surface area contributed by atoms with Crippen molar-refractivity contribution in [1.29, 1.82) is 10.8 Å². The first-order chi connectivity index (χ1) is 17.4. The van der Waals surface area contributed by atoms with Crippen molar-refractivity contribution in [2.45, 2.75) is 32.4 Å². The molecule has 0 saturated carbocycles. The molecule has 2 saturated heterocycles. The summed E-state index contributed by atoms with van der Waals surface area (Å²) in [4.78, 5) is 23.7. The van der Waals surface area contributed by atoms with Crippen LogP contribution in [0.1, 0.15) is 30.9 Å². The van der Waals surface area contributed by atoms with Crippen molar-refractivity contribution in [2.24, 2.45) is 5.92 Å². The van der Waals surface area contributed by atoms with Gasteiger partial charge in [0.1, 0.15) is 4.38 Å². The van der Waals surface area contributed by atoms with E-state index in [1.807, 2.05) is 16.8 Å². The molecule has 2 aliphatic heterocycles. The molecule has 0 spiro atoms. The van der Waals surface area contributed by atoms with Crippen LogP contribution >= 0.6 is 23.5 Å².